The minimum atomic E-state index is -1.00. The van der Waals surface area contributed by atoms with Crippen LogP contribution in [-0.2, 0) is 18.4 Å². The van der Waals surface area contributed by atoms with Crippen LogP contribution in [-0.4, -0.2) is 50.8 Å². The van der Waals surface area contributed by atoms with Crippen LogP contribution in [0.4, 0.5) is 0 Å². The summed E-state index contributed by atoms with van der Waals surface area (Å²) in [5.74, 6) is -1.07. The van der Waals surface area contributed by atoms with Crippen molar-refractivity contribution in [2.45, 2.75) is 33.4 Å². The molecule has 0 saturated carbocycles. The number of hydrogen-bond acceptors (Lipinski definition) is 4. The Bertz CT molecular complexity index is 482. The van der Waals surface area contributed by atoms with E-state index in [4.69, 9.17) is 5.11 Å². The molecule has 0 unspecified atom stereocenters. The van der Waals surface area contributed by atoms with E-state index in [-0.39, 0.29) is 24.1 Å². The Morgan fingerprint density at radius 2 is 2.15 bits per heavy atom. The summed E-state index contributed by atoms with van der Waals surface area (Å²) in [6, 6.07) is 0.0903. The van der Waals surface area contributed by atoms with Gasteiger partial charge in [0.05, 0.1) is 18.4 Å². The van der Waals surface area contributed by atoms with Crippen LogP contribution in [0, 0.1) is 0 Å². The largest absolute Gasteiger partial charge is 0.478 e. The quantitative estimate of drug-likeness (QED) is 0.759. The number of aromatic nitrogens is 2. The molecule has 20 heavy (non-hydrogen) atoms. The fraction of sp³-hybridized carbons (Fsp3) is 0.615. The summed E-state index contributed by atoms with van der Waals surface area (Å²) in [6.07, 6.45) is 1.33. The second-order valence-electron chi connectivity index (χ2n) is 4.96. The highest BCUT2D eigenvalue weighted by atomic mass is 16.4. The van der Waals surface area contributed by atoms with Crippen LogP contribution >= 0.6 is 0 Å². The normalized spacial score (nSPS) is 11.1. The maximum absolute atomic E-state index is 11.8. The Kier molecular flexibility index (Phi) is 5.69. The van der Waals surface area contributed by atoms with Gasteiger partial charge in [-0.05, 0) is 20.4 Å². The first-order valence-corrected chi connectivity index (χ1v) is 6.61. The van der Waals surface area contributed by atoms with Crippen LogP contribution in [0.2, 0.25) is 0 Å². The lowest BCUT2D eigenvalue weighted by molar-refractivity contribution is -0.122. The molecule has 0 atom stereocenters. The lowest BCUT2D eigenvalue weighted by Crippen LogP contribution is -2.40. The van der Waals surface area contributed by atoms with Crippen LogP contribution in [0.5, 0.6) is 0 Å². The van der Waals surface area contributed by atoms with E-state index in [1.807, 2.05) is 25.7 Å². The van der Waals surface area contributed by atoms with Crippen LogP contribution in [0.15, 0.2) is 6.20 Å². The topological polar surface area (TPSA) is 87.5 Å². The van der Waals surface area contributed by atoms with E-state index in [0.717, 1.165) is 0 Å². The summed E-state index contributed by atoms with van der Waals surface area (Å²) in [5, 5.41) is 15.9. The molecule has 0 fully saturated rings. The Hall–Kier alpha value is -1.89. The van der Waals surface area contributed by atoms with Gasteiger partial charge in [-0.2, -0.15) is 5.10 Å². The first kappa shape index (κ1) is 16.2. The predicted octanol–water partition coefficient (Wildman–Crippen LogP) is 0.465. The number of nitrogens with one attached hydrogen (secondary N) is 1. The van der Waals surface area contributed by atoms with E-state index in [0.29, 0.717) is 18.8 Å². The van der Waals surface area contributed by atoms with Crippen molar-refractivity contribution >= 4 is 11.9 Å². The third-order valence-electron chi connectivity index (χ3n) is 2.93. The number of likely N-dealkylation sites (N-methyl/N-ethyl adjacent to an activating group) is 1. The summed E-state index contributed by atoms with van der Waals surface area (Å²) < 4.78 is 1.53. The SMILES string of the molecule is CCN(CC(=O)NC(C)C)Cc1c(C(=O)O)cnn1C. The van der Waals surface area contributed by atoms with Gasteiger partial charge in [-0.3, -0.25) is 14.4 Å². The van der Waals surface area contributed by atoms with Gasteiger partial charge in [0.1, 0.15) is 5.56 Å². The Morgan fingerprint density at radius 1 is 1.50 bits per heavy atom. The van der Waals surface area contributed by atoms with Crippen molar-refractivity contribution in [1.29, 1.82) is 0 Å². The van der Waals surface area contributed by atoms with E-state index in [2.05, 4.69) is 10.4 Å². The molecule has 2 N–H and O–H groups in total. The van der Waals surface area contributed by atoms with Gasteiger partial charge in [0.2, 0.25) is 5.91 Å². The molecule has 0 aromatic carbocycles. The monoisotopic (exact) mass is 282 g/mol. The third kappa shape index (κ3) is 4.34. The lowest BCUT2D eigenvalue weighted by atomic mass is 10.2. The molecule has 0 aliphatic rings. The average Bonchev–Trinajstić information content (AvgIpc) is 2.69. The molecule has 7 heteroatoms. The Balaban J connectivity index is 2.76. The van der Waals surface area contributed by atoms with Gasteiger partial charge < -0.3 is 10.4 Å². The van der Waals surface area contributed by atoms with E-state index in [1.54, 1.807) is 7.05 Å². The molecular formula is C13H22N4O3. The highest BCUT2D eigenvalue weighted by Gasteiger charge is 2.18. The van der Waals surface area contributed by atoms with E-state index >= 15 is 0 Å². The number of nitrogens with zero attached hydrogens (tertiary/aromatic N) is 3. The van der Waals surface area contributed by atoms with Crippen LogP contribution in [0.3, 0.4) is 0 Å². The number of carboxylic acids is 1. The van der Waals surface area contributed by atoms with Crippen molar-refractivity contribution < 1.29 is 14.7 Å². The van der Waals surface area contributed by atoms with E-state index in [1.165, 1.54) is 10.9 Å². The van der Waals surface area contributed by atoms with Gasteiger partial charge in [0.15, 0.2) is 0 Å². The Morgan fingerprint density at radius 3 is 2.65 bits per heavy atom. The number of hydrogen-bond donors (Lipinski definition) is 2. The highest BCUT2D eigenvalue weighted by molar-refractivity contribution is 5.88. The van der Waals surface area contributed by atoms with Crippen molar-refractivity contribution in [3.05, 3.63) is 17.5 Å². The lowest BCUT2D eigenvalue weighted by Gasteiger charge is -2.21. The highest BCUT2D eigenvalue weighted by Crippen LogP contribution is 2.10. The van der Waals surface area contributed by atoms with Crippen molar-refractivity contribution in [3.8, 4) is 0 Å². The van der Waals surface area contributed by atoms with Gasteiger partial charge in [-0.15, -0.1) is 0 Å². The van der Waals surface area contributed by atoms with Crippen LogP contribution < -0.4 is 5.32 Å². The summed E-state index contributed by atoms with van der Waals surface area (Å²) in [4.78, 5) is 24.8. The summed E-state index contributed by atoms with van der Waals surface area (Å²) in [5.41, 5.74) is 0.770. The molecule has 0 aliphatic heterocycles. The maximum Gasteiger partial charge on any atom is 0.339 e. The number of carboxylic acid groups (broad SMARTS) is 1. The second-order valence-corrected chi connectivity index (χ2v) is 4.96. The van der Waals surface area contributed by atoms with Gasteiger partial charge in [0, 0.05) is 19.6 Å². The molecule has 1 heterocycles. The van der Waals surface area contributed by atoms with E-state index in [9.17, 15) is 9.59 Å². The van der Waals surface area contributed by atoms with E-state index < -0.39 is 5.97 Å². The molecule has 0 spiro atoms. The fourth-order valence-corrected chi connectivity index (χ4v) is 1.89. The molecule has 1 aromatic heterocycles. The zero-order chi connectivity index (χ0) is 15.3. The molecule has 112 valence electrons. The molecule has 0 bridgehead atoms. The van der Waals surface area contributed by atoms with Gasteiger partial charge >= 0.3 is 5.97 Å². The van der Waals surface area contributed by atoms with Gasteiger partial charge in [-0.25, -0.2) is 4.79 Å². The minimum absolute atomic E-state index is 0.0686. The summed E-state index contributed by atoms with van der Waals surface area (Å²) >= 11 is 0. The maximum atomic E-state index is 11.8. The zero-order valence-corrected chi connectivity index (χ0v) is 12.4. The van der Waals surface area contributed by atoms with Crippen molar-refractivity contribution in [3.63, 3.8) is 0 Å². The second kappa shape index (κ2) is 7.04. The molecule has 7 nitrogen and oxygen atoms in total. The summed E-state index contributed by atoms with van der Waals surface area (Å²) in [7, 11) is 1.70. The number of carbonyl (C=O) groups excluding carboxylic acids is 1. The first-order valence-electron chi connectivity index (χ1n) is 6.61. The third-order valence-corrected chi connectivity index (χ3v) is 2.93. The minimum Gasteiger partial charge on any atom is -0.478 e. The number of rotatable bonds is 7. The number of aromatic carboxylic acids is 1. The number of carbonyl (C=O) groups is 2. The standard InChI is InChI=1S/C13H22N4O3/c1-5-17(8-12(18)15-9(2)3)7-11-10(13(19)20)6-14-16(11)4/h6,9H,5,7-8H2,1-4H3,(H,15,18)(H,19,20). The molecule has 1 aromatic rings. The van der Waals surface area contributed by atoms with Gasteiger partial charge in [0.25, 0.3) is 0 Å². The van der Waals surface area contributed by atoms with Crippen molar-refractivity contribution in [2.24, 2.45) is 7.05 Å². The Labute approximate surface area is 118 Å². The first-order chi connectivity index (χ1) is 9.35. The molecule has 1 rings (SSSR count). The molecule has 0 aliphatic carbocycles. The van der Waals surface area contributed by atoms with Crippen LogP contribution in [0.25, 0.3) is 0 Å². The molecule has 0 saturated heterocycles. The fourth-order valence-electron chi connectivity index (χ4n) is 1.89. The van der Waals surface area contributed by atoms with Crippen molar-refractivity contribution in [1.82, 2.24) is 20.0 Å². The smallest absolute Gasteiger partial charge is 0.339 e. The predicted molar refractivity (Wildman–Crippen MR) is 74.4 cm³/mol. The molecule has 1 amide bonds. The zero-order valence-electron chi connectivity index (χ0n) is 12.4. The number of aryl methyl sites for hydroxylation is 1. The number of amides is 1. The van der Waals surface area contributed by atoms with Gasteiger partial charge in [-0.1, -0.05) is 6.92 Å². The molecular weight excluding hydrogens is 260 g/mol. The average molecular weight is 282 g/mol. The molecule has 0 radical (unpaired) electrons. The van der Waals surface area contributed by atoms with Crippen LogP contribution in [0.1, 0.15) is 36.8 Å². The van der Waals surface area contributed by atoms with Crippen molar-refractivity contribution in [2.75, 3.05) is 13.1 Å². The summed E-state index contributed by atoms with van der Waals surface area (Å²) in [6.45, 7) is 6.99.